The van der Waals surface area contributed by atoms with Crippen molar-refractivity contribution in [2.75, 3.05) is 27.2 Å². The van der Waals surface area contributed by atoms with Gasteiger partial charge in [-0.2, -0.15) is 8.42 Å². The van der Waals surface area contributed by atoms with Gasteiger partial charge in [-0.15, -0.1) is 0 Å². The molecule has 8 rings (SSSR count). The lowest BCUT2D eigenvalue weighted by atomic mass is 9.76. The molecule has 9 heteroatoms. The number of ether oxygens (including phenoxy) is 1. The molecule has 2 saturated heterocycles. The summed E-state index contributed by atoms with van der Waals surface area (Å²) in [7, 11) is -0.0784. The summed E-state index contributed by atoms with van der Waals surface area (Å²) in [6.45, 7) is 20.1. The molecule has 7 unspecified atom stereocenters. The first-order valence-electron chi connectivity index (χ1n) is 20.7. The molecule has 0 aromatic heterocycles. The Kier molecular flexibility index (Phi) is 8.94. The van der Waals surface area contributed by atoms with Gasteiger partial charge in [0.1, 0.15) is 11.4 Å². The molecule has 0 bridgehead atoms. The highest BCUT2D eigenvalue weighted by Gasteiger charge is 3.04. The first kappa shape index (κ1) is 38.4. The summed E-state index contributed by atoms with van der Waals surface area (Å²) in [5.74, 6) is 1.37. The normalized spacial score (nSPS) is 34.1. The van der Waals surface area contributed by atoms with Gasteiger partial charge in [0.2, 0.25) is 5.91 Å². The molecule has 4 aliphatic carbocycles. The summed E-state index contributed by atoms with van der Waals surface area (Å²) in [5, 5.41) is -0.823. The second-order valence-electron chi connectivity index (χ2n) is 18.5. The Morgan fingerprint density at radius 3 is 2.18 bits per heavy atom. The molecule has 296 valence electrons. The Labute approximate surface area is 328 Å². The molecule has 1 amide bonds. The van der Waals surface area contributed by atoms with Crippen LogP contribution in [0, 0.1) is 40.9 Å². The minimum Gasteiger partial charge on any atom is -0.497 e. The average molecular weight is 769 g/mol. The van der Waals surface area contributed by atoms with Crippen LogP contribution in [0.1, 0.15) is 131 Å². The fraction of sp³-hybridized carbons (Fsp3) is 0.609. The van der Waals surface area contributed by atoms with Crippen molar-refractivity contribution >= 4 is 33.1 Å². The van der Waals surface area contributed by atoms with Gasteiger partial charge in [-0.1, -0.05) is 57.4 Å². The minimum atomic E-state index is -4.01. The molecule has 2 aliphatic heterocycles. The molecule has 6 aliphatic rings. The lowest BCUT2D eigenvalue weighted by Gasteiger charge is -2.58. The molecular weight excluding hydrogens is 709 g/mol. The maximum atomic E-state index is 15.2. The van der Waals surface area contributed by atoms with Crippen LogP contribution < -0.4 is 4.74 Å². The smallest absolute Gasteiger partial charge is 0.353 e. The number of carbonyl (C=O) groups is 2. The first-order valence-corrected chi connectivity index (χ1v) is 22.1. The maximum Gasteiger partial charge on any atom is 0.353 e. The number of hydrogen-bond acceptors (Lipinski definition) is 7. The number of allylic oxidation sites excluding steroid dienone is 3. The fourth-order valence-corrected chi connectivity index (χ4v) is 13.6. The van der Waals surface area contributed by atoms with Gasteiger partial charge in [0, 0.05) is 29.8 Å². The third-order valence-corrected chi connectivity index (χ3v) is 17.4. The highest BCUT2D eigenvalue weighted by Crippen LogP contribution is 2.95. The van der Waals surface area contributed by atoms with Crippen molar-refractivity contribution < 1.29 is 26.9 Å². The van der Waals surface area contributed by atoms with Crippen molar-refractivity contribution in [1.29, 1.82) is 0 Å². The average Bonchev–Trinajstić information content (AvgIpc) is 3.71. The number of hydrogen-bond donors (Lipinski definition) is 0. The van der Waals surface area contributed by atoms with Gasteiger partial charge >= 0.3 is 16.1 Å². The molecule has 7 atom stereocenters. The molecule has 6 fully saturated rings. The highest BCUT2D eigenvalue weighted by atomic mass is 32.2. The third-order valence-electron chi connectivity index (χ3n) is 15.9. The number of likely N-dealkylation sites (tertiary alicyclic amines) is 2. The Hall–Kier alpha value is -3.43. The predicted octanol–water partition coefficient (Wildman–Crippen LogP) is 9.00. The number of carbonyl (C=O) groups excluding carboxylic acids is 2. The van der Waals surface area contributed by atoms with Crippen molar-refractivity contribution in [3.63, 3.8) is 0 Å². The van der Waals surface area contributed by atoms with E-state index >= 15 is 4.79 Å². The molecule has 2 aromatic carbocycles. The van der Waals surface area contributed by atoms with Crippen molar-refractivity contribution in [1.82, 2.24) is 9.80 Å². The van der Waals surface area contributed by atoms with Crippen LogP contribution >= 0.6 is 0 Å². The van der Waals surface area contributed by atoms with Crippen LogP contribution in [0.25, 0.3) is 11.1 Å². The van der Waals surface area contributed by atoms with E-state index in [9.17, 15) is 13.2 Å². The zero-order chi connectivity index (χ0) is 39.6. The van der Waals surface area contributed by atoms with Gasteiger partial charge in [-0.3, -0.25) is 9.69 Å². The monoisotopic (exact) mass is 768 g/mol. The highest BCUT2D eigenvalue weighted by molar-refractivity contribution is 7.87. The zero-order valence-electron chi connectivity index (χ0n) is 34.4. The quantitative estimate of drug-likeness (QED) is 0.128. The number of rotatable bonds is 11. The van der Waals surface area contributed by atoms with E-state index in [1.807, 2.05) is 19.1 Å². The van der Waals surface area contributed by atoms with Crippen LogP contribution in [0.3, 0.4) is 0 Å². The zero-order valence-corrected chi connectivity index (χ0v) is 35.2. The minimum absolute atomic E-state index is 0.0508. The van der Waals surface area contributed by atoms with Crippen LogP contribution in [0.4, 0.5) is 0 Å². The van der Waals surface area contributed by atoms with Crippen LogP contribution in [0.15, 0.2) is 48.6 Å². The molecule has 0 N–H and O–H groups in total. The molecule has 2 heterocycles. The van der Waals surface area contributed by atoms with Gasteiger partial charge in [-0.05, 0) is 149 Å². The topological polar surface area (TPSA) is 93.2 Å². The lowest BCUT2D eigenvalue weighted by Crippen LogP contribution is -2.72. The second kappa shape index (κ2) is 12.8. The third kappa shape index (κ3) is 4.93. The van der Waals surface area contributed by atoms with E-state index in [1.165, 1.54) is 42.6 Å². The van der Waals surface area contributed by atoms with Gasteiger partial charge in [0.25, 0.3) is 0 Å². The Balaban J connectivity index is 1.17. The number of nitrogens with zero attached hydrogens (tertiary/aromatic N) is 2. The molecule has 0 radical (unpaired) electrons. The summed E-state index contributed by atoms with van der Waals surface area (Å²) in [6, 6.07) is 11.8. The van der Waals surface area contributed by atoms with Crippen molar-refractivity contribution in [3.8, 4) is 5.75 Å². The van der Waals surface area contributed by atoms with E-state index in [2.05, 4.69) is 63.3 Å². The van der Waals surface area contributed by atoms with Crippen molar-refractivity contribution in [3.05, 3.63) is 76.4 Å². The molecular formula is C46H60N2O6S. The summed E-state index contributed by atoms with van der Waals surface area (Å²) < 4.78 is 35.6. The van der Waals surface area contributed by atoms with Crippen LogP contribution in [-0.4, -0.2) is 68.3 Å². The van der Waals surface area contributed by atoms with E-state index in [1.54, 1.807) is 19.2 Å². The van der Waals surface area contributed by atoms with Crippen LogP contribution in [-0.2, 0) is 19.1 Å². The van der Waals surface area contributed by atoms with E-state index in [0.29, 0.717) is 17.7 Å². The number of aryl methyl sites for hydroxylation is 1. The van der Waals surface area contributed by atoms with Crippen LogP contribution in [0.2, 0.25) is 0 Å². The van der Waals surface area contributed by atoms with Gasteiger partial charge in [-0.25, -0.2) is 4.79 Å². The van der Waals surface area contributed by atoms with E-state index < -0.39 is 26.8 Å². The largest absolute Gasteiger partial charge is 0.497 e. The second-order valence-corrected chi connectivity index (χ2v) is 20.6. The summed E-state index contributed by atoms with van der Waals surface area (Å²) in [6.07, 6.45) is 8.76. The van der Waals surface area contributed by atoms with E-state index in [-0.39, 0.29) is 33.9 Å². The van der Waals surface area contributed by atoms with Gasteiger partial charge in [0.15, 0.2) is 0 Å². The predicted molar refractivity (Wildman–Crippen MR) is 217 cm³/mol. The standard InChI is InChI=1S/C46H60N2O6S/c1-11-45(42(50)48-26-44-24-34(27(2)3)23-43(44)25-47(9)46(43,44)48)31(8)40(45)38-22-35(53-10)18-20-37(38)30(7)39(32-15-13-12-14-16-32)36-19-17-33(21-29(36)6)41(49)54-55(51,52)28(4)5/h17-22,28,31-32,34,40H,2,11-16,23-26H2,1,3-10H3. The number of amides is 1. The Morgan fingerprint density at radius 2 is 1.62 bits per heavy atom. The van der Waals surface area contributed by atoms with Gasteiger partial charge in [0.05, 0.1) is 23.3 Å². The van der Waals surface area contributed by atoms with E-state index in [4.69, 9.17) is 8.92 Å². The Bertz CT molecular complexity index is 2120. The molecule has 55 heavy (non-hydrogen) atoms. The summed E-state index contributed by atoms with van der Waals surface area (Å²) >= 11 is 0. The lowest BCUT2D eigenvalue weighted by molar-refractivity contribution is -0.178. The molecule has 4 saturated carbocycles. The Morgan fingerprint density at radius 1 is 0.964 bits per heavy atom. The van der Waals surface area contributed by atoms with Gasteiger partial charge < -0.3 is 13.8 Å². The summed E-state index contributed by atoms with van der Waals surface area (Å²) in [4.78, 5) is 33.0. The molecule has 8 nitrogen and oxygen atoms in total. The fourth-order valence-electron chi connectivity index (χ4n) is 13.1. The molecule has 3 spiro atoms. The van der Waals surface area contributed by atoms with Crippen LogP contribution in [0.5, 0.6) is 5.75 Å². The maximum absolute atomic E-state index is 15.2. The molecule has 2 aromatic rings. The van der Waals surface area contributed by atoms with E-state index in [0.717, 1.165) is 80.5 Å². The number of benzene rings is 2. The summed E-state index contributed by atoms with van der Waals surface area (Å²) in [5.41, 5.74) is 8.08. The van der Waals surface area contributed by atoms with Crippen molar-refractivity contribution in [2.45, 2.75) is 117 Å². The number of methoxy groups -OCH3 is 1. The first-order chi connectivity index (χ1) is 26.0. The van der Waals surface area contributed by atoms with Crippen molar-refractivity contribution in [2.24, 2.45) is 34.0 Å². The SMILES string of the molecule is C=C(C)C1CC23CN(C)C24N(C(=O)C2(CC)C(C)C2c2cc(OC)ccc2C(C)=C(c2ccc(C(=O)OS(=O)(=O)C(C)C)cc2C)C2CCCCC2)CC34C1.